The monoisotopic (exact) mass is 418 g/mol. The number of hydrogen-bond donors (Lipinski definition) is 1. The molecule has 1 aromatic heterocycles. The summed E-state index contributed by atoms with van der Waals surface area (Å²) in [6, 6.07) is 19.8. The van der Waals surface area contributed by atoms with Gasteiger partial charge in [-0.1, -0.05) is 61.9 Å². The number of para-hydroxylation sites is 1. The van der Waals surface area contributed by atoms with E-state index in [1.54, 1.807) is 19.5 Å². The van der Waals surface area contributed by atoms with Crippen LogP contribution < -0.4 is 10.1 Å². The first-order valence-electron chi connectivity index (χ1n) is 10.7. The second-order valence-corrected chi connectivity index (χ2v) is 7.49. The van der Waals surface area contributed by atoms with Crippen molar-refractivity contribution >= 4 is 5.91 Å². The summed E-state index contributed by atoms with van der Waals surface area (Å²) in [7, 11) is 1.66. The van der Waals surface area contributed by atoms with E-state index in [0.29, 0.717) is 25.1 Å². The number of rotatable bonds is 11. The number of hydrogen-bond acceptors (Lipinski definition) is 4. The van der Waals surface area contributed by atoms with E-state index in [4.69, 9.17) is 9.47 Å². The van der Waals surface area contributed by atoms with Gasteiger partial charge in [-0.2, -0.15) is 0 Å². The molecule has 2 aromatic carbocycles. The number of amides is 1. The van der Waals surface area contributed by atoms with E-state index in [-0.39, 0.29) is 12.0 Å². The van der Waals surface area contributed by atoms with Crippen LogP contribution >= 0.6 is 0 Å². The predicted molar refractivity (Wildman–Crippen MR) is 122 cm³/mol. The molecule has 3 aromatic rings. The zero-order chi connectivity index (χ0) is 21.9. The molecule has 0 aliphatic carbocycles. The highest BCUT2D eigenvalue weighted by molar-refractivity contribution is 5.94. The molecule has 0 spiro atoms. The lowest BCUT2D eigenvalue weighted by atomic mass is 10.0. The molecule has 1 amide bonds. The van der Waals surface area contributed by atoms with Crippen molar-refractivity contribution in [1.29, 1.82) is 0 Å². The van der Waals surface area contributed by atoms with Gasteiger partial charge in [-0.15, -0.1) is 0 Å². The first-order chi connectivity index (χ1) is 15.2. The highest BCUT2D eigenvalue weighted by Gasteiger charge is 2.13. The Balaban J connectivity index is 1.58. The van der Waals surface area contributed by atoms with E-state index in [9.17, 15) is 4.79 Å². The second-order valence-electron chi connectivity index (χ2n) is 7.49. The Labute approximate surface area is 184 Å². The normalized spacial score (nSPS) is 11.7. The first-order valence-corrected chi connectivity index (χ1v) is 10.7. The van der Waals surface area contributed by atoms with Gasteiger partial charge in [0.25, 0.3) is 5.91 Å². The molecule has 1 heterocycles. The summed E-state index contributed by atoms with van der Waals surface area (Å²) in [5, 5.41) is 3.01. The molecule has 0 radical (unpaired) electrons. The Hall–Kier alpha value is -3.18. The fourth-order valence-electron chi connectivity index (χ4n) is 3.44. The van der Waals surface area contributed by atoms with Crippen LogP contribution in [0.4, 0.5) is 0 Å². The number of nitrogens with zero attached hydrogens (tertiary/aromatic N) is 1. The molecule has 0 fully saturated rings. The molecule has 1 unspecified atom stereocenters. The maximum atomic E-state index is 12.7. The molecular formula is C26H30N2O3. The lowest BCUT2D eigenvalue weighted by Crippen LogP contribution is -2.33. The zero-order valence-electron chi connectivity index (χ0n) is 18.2. The maximum Gasteiger partial charge on any atom is 0.252 e. The largest absolute Gasteiger partial charge is 0.496 e. The van der Waals surface area contributed by atoms with Crippen LogP contribution in [0.5, 0.6) is 5.75 Å². The Bertz CT molecular complexity index is 960. The van der Waals surface area contributed by atoms with Gasteiger partial charge in [-0.25, -0.2) is 0 Å². The Morgan fingerprint density at radius 1 is 1.03 bits per heavy atom. The van der Waals surface area contributed by atoms with Crippen LogP contribution in [-0.2, 0) is 17.8 Å². The summed E-state index contributed by atoms with van der Waals surface area (Å²) in [6.07, 6.45) is 5.88. The van der Waals surface area contributed by atoms with Crippen molar-refractivity contribution in [3.63, 3.8) is 0 Å². The van der Waals surface area contributed by atoms with Gasteiger partial charge in [0.2, 0.25) is 0 Å². The minimum Gasteiger partial charge on any atom is -0.496 e. The van der Waals surface area contributed by atoms with Crippen LogP contribution in [0, 0.1) is 0 Å². The fourth-order valence-corrected chi connectivity index (χ4v) is 3.44. The standard InChI is InChI=1S/C26H30N2O3/c1-3-9-24(31-19-20-10-5-4-6-11-20)18-28-26(29)23-15-21(16-27-17-23)14-22-12-7-8-13-25(22)30-2/h4-8,10-13,15-17,24H,3,9,14,18-19H2,1-2H3,(H,28,29). The summed E-state index contributed by atoms with van der Waals surface area (Å²) >= 11 is 0. The number of aromatic nitrogens is 1. The molecule has 0 aliphatic heterocycles. The topological polar surface area (TPSA) is 60.5 Å². The average molecular weight is 419 g/mol. The van der Waals surface area contributed by atoms with Crippen molar-refractivity contribution in [3.8, 4) is 5.75 Å². The Kier molecular flexibility index (Phi) is 8.61. The second kappa shape index (κ2) is 11.9. The average Bonchev–Trinajstić information content (AvgIpc) is 2.82. The number of benzene rings is 2. The van der Waals surface area contributed by atoms with E-state index in [2.05, 4.69) is 17.2 Å². The Morgan fingerprint density at radius 3 is 2.58 bits per heavy atom. The number of carbonyl (C=O) groups is 1. The van der Waals surface area contributed by atoms with Crippen molar-refractivity contribution < 1.29 is 14.3 Å². The van der Waals surface area contributed by atoms with Gasteiger partial charge in [0, 0.05) is 25.4 Å². The molecule has 162 valence electrons. The Morgan fingerprint density at radius 2 is 1.81 bits per heavy atom. The summed E-state index contributed by atoms with van der Waals surface area (Å²) in [5.74, 6) is 0.689. The molecular weight excluding hydrogens is 388 g/mol. The van der Waals surface area contributed by atoms with Gasteiger partial charge >= 0.3 is 0 Å². The van der Waals surface area contributed by atoms with Crippen LogP contribution in [0.25, 0.3) is 0 Å². The maximum absolute atomic E-state index is 12.7. The van der Waals surface area contributed by atoms with Crippen LogP contribution in [0.1, 0.15) is 46.8 Å². The van der Waals surface area contributed by atoms with E-state index >= 15 is 0 Å². The van der Waals surface area contributed by atoms with Crippen molar-refractivity contribution in [2.45, 2.75) is 38.9 Å². The number of methoxy groups -OCH3 is 1. The highest BCUT2D eigenvalue weighted by Crippen LogP contribution is 2.21. The SMILES string of the molecule is CCCC(CNC(=O)c1cncc(Cc2ccccc2OC)c1)OCc1ccccc1. The van der Waals surface area contributed by atoms with Gasteiger partial charge in [-0.3, -0.25) is 9.78 Å². The third kappa shape index (κ3) is 6.93. The van der Waals surface area contributed by atoms with Gasteiger partial charge in [0.15, 0.2) is 0 Å². The predicted octanol–water partition coefficient (Wildman–Crippen LogP) is 4.80. The molecule has 1 N–H and O–H groups in total. The van der Waals surface area contributed by atoms with Crippen molar-refractivity contribution in [2.24, 2.45) is 0 Å². The van der Waals surface area contributed by atoms with E-state index in [0.717, 1.165) is 35.3 Å². The van der Waals surface area contributed by atoms with Crippen molar-refractivity contribution in [2.75, 3.05) is 13.7 Å². The van der Waals surface area contributed by atoms with Crippen LogP contribution in [0.3, 0.4) is 0 Å². The fraction of sp³-hybridized carbons (Fsp3) is 0.308. The highest BCUT2D eigenvalue weighted by atomic mass is 16.5. The van der Waals surface area contributed by atoms with E-state index in [1.165, 1.54) is 0 Å². The molecule has 5 nitrogen and oxygen atoms in total. The molecule has 0 bridgehead atoms. The first kappa shape index (κ1) is 22.5. The quantitative estimate of drug-likeness (QED) is 0.486. The zero-order valence-corrected chi connectivity index (χ0v) is 18.2. The van der Waals surface area contributed by atoms with E-state index in [1.807, 2.05) is 60.7 Å². The smallest absolute Gasteiger partial charge is 0.252 e. The molecule has 1 atom stereocenters. The van der Waals surface area contributed by atoms with Crippen molar-refractivity contribution in [3.05, 3.63) is 95.3 Å². The molecule has 31 heavy (non-hydrogen) atoms. The lowest BCUT2D eigenvalue weighted by Gasteiger charge is -2.18. The van der Waals surface area contributed by atoms with Gasteiger partial charge in [0.1, 0.15) is 5.75 Å². The minimum absolute atomic E-state index is 0.0288. The molecule has 0 saturated carbocycles. The number of ether oxygens (including phenoxy) is 2. The van der Waals surface area contributed by atoms with Crippen LogP contribution in [0.15, 0.2) is 73.1 Å². The van der Waals surface area contributed by atoms with Gasteiger partial charge < -0.3 is 14.8 Å². The van der Waals surface area contributed by atoms with Crippen LogP contribution in [0.2, 0.25) is 0 Å². The number of carbonyl (C=O) groups excluding carboxylic acids is 1. The summed E-state index contributed by atoms with van der Waals surface area (Å²) in [5.41, 5.74) is 3.69. The minimum atomic E-state index is -0.140. The lowest BCUT2D eigenvalue weighted by molar-refractivity contribution is 0.0339. The summed E-state index contributed by atoms with van der Waals surface area (Å²) in [6.45, 7) is 3.12. The van der Waals surface area contributed by atoms with Crippen LogP contribution in [-0.4, -0.2) is 30.6 Å². The summed E-state index contributed by atoms with van der Waals surface area (Å²) < 4.78 is 11.5. The molecule has 0 aliphatic rings. The van der Waals surface area contributed by atoms with Gasteiger partial charge in [-0.05, 0) is 35.2 Å². The molecule has 5 heteroatoms. The van der Waals surface area contributed by atoms with Gasteiger partial charge in [0.05, 0.1) is 25.4 Å². The van der Waals surface area contributed by atoms with Crippen molar-refractivity contribution in [1.82, 2.24) is 10.3 Å². The molecule has 3 rings (SSSR count). The third-order valence-corrected chi connectivity index (χ3v) is 5.07. The molecule has 0 saturated heterocycles. The van der Waals surface area contributed by atoms with E-state index < -0.39 is 0 Å². The summed E-state index contributed by atoms with van der Waals surface area (Å²) in [4.78, 5) is 17.0. The number of pyridine rings is 1. The third-order valence-electron chi connectivity index (χ3n) is 5.07. The number of nitrogens with one attached hydrogen (secondary N) is 1.